The molecule has 0 radical (unpaired) electrons. The van der Waals surface area contributed by atoms with Crippen molar-refractivity contribution >= 4 is 22.5 Å². The first-order valence-corrected chi connectivity index (χ1v) is 5.59. The van der Waals surface area contributed by atoms with Crippen LogP contribution in [0.15, 0.2) is 29.2 Å². The average molecular weight is 313 g/mol. The molecule has 3 nitrogen and oxygen atoms in total. The van der Waals surface area contributed by atoms with Crippen LogP contribution in [-0.4, -0.2) is 21.9 Å². The zero-order chi connectivity index (χ0) is 15.1. The van der Waals surface area contributed by atoms with Crippen LogP contribution in [0.1, 0.15) is 6.30 Å². The predicted octanol–water partition coefficient (Wildman–Crippen LogP) is 3.42. The third-order valence-electron chi connectivity index (χ3n) is 2.62. The maximum atomic E-state index is 13.7. The normalized spacial score (nSPS) is 13.9. The van der Waals surface area contributed by atoms with Gasteiger partial charge in [-0.1, -0.05) is 11.6 Å². The van der Waals surface area contributed by atoms with Crippen molar-refractivity contribution in [3.05, 3.63) is 39.9 Å². The maximum absolute atomic E-state index is 13.7. The number of hydrogen-bond donors (Lipinski definition) is 0. The van der Waals surface area contributed by atoms with E-state index in [2.05, 4.69) is 4.98 Å². The molecule has 1 unspecified atom stereocenters. The number of hydrogen-bond acceptors (Lipinski definition) is 2. The van der Waals surface area contributed by atoms with Gasteiger partial charge in [0.05, 0.1) is 11.7 Å². The van der Waals surface area contributed by atoms with Gasteiger partial charge in [-0.05, 0) is 12.1 Å². The second-order valence-corrected chi connectivity index (χ2v) is 4.31. The summed E-state index contributed by atoms with van der Waals surface area (Å²) in [5, 5.41) is 0.107. The Kier molecular flexibility index (Phi) is 3.68. The molecular weight excluding hydrogens is 307 g/mol. The van der Waals surface area contributed by atoms with E-state index in [9.17, 15) is 26.7 Å². The van der Waals surface area contributed by atoms with Crippen LogP contribution >= 0.6 is 11.6 Å². The molecular formula is C11H6ClF5N2O. The molecule has 2 aromatic heterocycles. The summed E-state index contributed by atoms with van der Waals surface area (Å²) in [6, 6.07) is 3.18. The van der Waals surface area contributed by atoms with Gasteiger partial charge in [-0.2, -0.15) is 8.78 Å². The van der Waals surface area contributed by atoms with E-state index in [1.807, 2.05) is 0 Å². The minimum atomic E-state index is -5.00. The van der Waals surface area contributed by atoms with Gasteiger partial charge in [-0.3, -0.25) is 9.36 Å². The molecule has 0 N–H and O–H groups in total. The standard InChI is InChI=1S/C11H6ClF5N2O/c12-7-3-5-1-2-8(20)19(6(5)4-18-7)10(15)11(16,17)9(13)14/h1-4,9-10H. The molecule has 0 saturated carbocycles. The number of fused-ring (bicyclic) bond motifs is 1. The van der Waals surface area contributed by atoms with Crippen LogP contribution in [0.5, 0.6) is 0 Å². The summed E-state index contributed by atoms with van der Waals surface area (Å²) < 4.78 is 64.2. The van der Waals surface area contributed by atoms with Crippen LogP contribution in [-0.2, 0) is 0 Å². The molecule has 0 aromatic carbocycles. The SMILES string of the molecule is O=c1ccc2cc(Cl)ncc2n1C(F)C(F)(F)C(F)F. The molecule has 20 heavy (non-hydrogen) atoms. The van der Waals surface area contributed by atoms with E-state index < -0.39 is 24.2 Å². The van der Waals surface area contributed by atoms with Crippen LogP contribution < -0.4 is 5.56 Å². The Labute approximate surface area is 113 Å². The number of alkyl halides is 5. The lowest BCUT2D eigenvalue weighted by Gasteiger charge is -2.22. The molecule has 0 spiro atoms. The second-order valence-electron chi connectivity index (χ2n) is 3.92. The van der Waals surface area contributed by atoms with E-state index in [4.69, 9.17) is 11.6 Å². The number of rotatable bonds is 3. The molecule has 0 aliphatic heterocycles. The van der Waals surface area contributed by atoms with E-state index in [0.29, 0.717) is 0 Å². The van der Waals surface area contributed by atoms with Gasteiger partial charge in [0.25, 0.3) is 5.56 Å². The minimum absolute atomic E-state index is 0.0151. The van der Waals surface area contributed by atoms with Gasteiger partial charge in [0.15, 0.2) is 0 Å². The molecule has 0 aliphatic rings. The number of halogens is 6. The van der Waals surface area contributed by atoms with Gasteiger partial charge < -0.3 is 0 Å². The first kappa shape index (κ1) is 14.7. The van der Waals surface area contributed by atoms with Crippen LogP contribution in [0.2, 0.25) is 5.15 Å². The van der Waals surface area contributed by atoms with E-state index in [1.54, 1.807) is 0 Å². The van der Waals surface area contributed by atoms with Crippen LogP contribution in [0, 0.1) is 0 Å². The molecule has 108 valence electrons. The highest BCUT2D eigenvalue weighted by molar-refractivity contribution is 6.30. The van der Waals surface area contributed by atoms with Crippen molar-refractivity contribution in [2.45, 2.75) is 18.6 Å². The highest BCUT2D eigenvalue weighted by atomic mass is 35.5. The van der Waals surface area contributed by atoms with Gasteiger partial charge in [-0.25, -0.2) is 18.2 Å². The molecule has 0 amide bonds. The molecule has 0 saturated heterocycles. The summed E-state index contributed by atoms with van der Waals surface area (Å²) in [6.45, 7) is 0. The number of nitrogens with zero attached hydrogens (tertiary/aromatic N) is 2. The predicted molar refractivity (Wildman–Crippen MR) is 62.1 cm³/mol. The fourth-order valence-electron chi connectivity index (χ4n) is 1.64. The fraction of sp³-hybridized carbons (Fsp3) is 0.273. The summed E-state index contributed by atoms with van der Waals surface area (Å²) in [7, 11) is 0. The van der Waals surface area contributed by atoms with Crippen molar-refractivity contribution in [2.75, 3.05) is 0 Å². The summed E-state index contributed by atoms with van der Waals surface area (Å²) >= 11 is 5.57. The Morgan fingerprint density at radius 3 is 2.50 bits per heavy atom. The van der Waals surface area contributed by atoms with Crippen molar-refractivity contribution in [1.82, 2.24) is 9.55 Å². The number of pyridine rings is 2. The molecule has 9 heteroatoms. The molecule has 0 aliphatic carbocycles. The zero-order valence-corrected chi connectivity index (χ0v) is 10.3. The van der Waals surface area contributed by atoms with Crippen LogP contribution in [0.3, 0.4) is 0 Å². The van der Waals surface area contributed by atoms with Gasteiger partial charge in [0.2, 0.25) is 6.30 Å². The third-order valence-corrected chi connectivity index (χ3v) is 2.82. The lowest BCUT2D eigenvalue weighted by molar-refractivity contribution is -0.191. The molecule has 0 bridgehead atoms. The second kappa shape index (κ2) is 5.01. The zero-order valence-electron chi connectivity index (χ0n) is 9.53. The monoisotopic (exact) mass is 312 g/mol. The molecule has 2 heterocycles. The summed E-state index contributed by atoms with van der Waals surface area (Å²) in [5.74, 6) is -5.00. The quantitative estimate of drug-likeness (QED) is 0.643. The van der Waals surface area contributed by atoms with Gasteiger partial charge in [-0.15, -0.1) is 0 Å². The van der Waals surface area contributed by atoms with E-state index in [0.717, 1.165) is 12.3 Å². The van der Waals surface area contributed by atoms with E-state index in [1.165, 1.54) is 12.1 Å². The highest BCUT2D eigenvalue weighted by Crippen LogP contribution is 2.36. The average Bonchev–Trinajstić information content (AvgIpc) is 2.38. The highest BCUT2D eigenvalue weighted by Gasteiger charge is 2.51. The molecule has 0 fully saturated rings. The minimum Gasteiger partial charge on any atom is -0.270 e. The summed E-state index contributed by atoms with van der Waals surface area (Å²) in [5.41, 5.74) is -1.54. The Balaban J connectivity index is 2.70. The Morgan fingerprint density at radius 2 is 1.90 bits per heavy atom. The molecule has 1 atom stereocenters. The summed E-state index contributed by atoms with van der Waals surface area (Å²) in [4.78, 5) is 15.0. The van der Waals surface area contributed by atoms with Gasteiger partial charge >= 0.3 is 12.3 Å². The molecule has 2 rings (SSSR count). The summed E-state index contributed by atoms with van der Waals surface area (Å²) in [6.07, 6.45) is -6.89. The van der Waals surface area contributed by atoms with E-state index >= 15 is 0 Å². The van der Waals surface area contributed by atoms with Crippen LogP contribution in [0.4, 0.5) is 22.0 Å². The van der Waals surface area contributed by atoms with Crippen molar-refractivity contribution in [1.29, 1.82) is 0 Å². The first-order chi connectivity index (χ1) is 9.25. The smallest absolute Gasteiger partial charge is 0.270 e. The van der Waals surface area contributed by atoms with Crippen LogP contribution in [0.25, 0.3) is 10.9 Å². The van der Waals surface area contributed by atoms with Crippen molar-refractivity contribution < 1.29 is 22.0 Å². The van der Waals surface area contributed by atoms with Crippen molar-refractivity contribution in [2.24, 2.45) is 0 Å². The lowest BCUT2D eigenvalue weighted by atomic mass is 10.2. The maximum Gasteiger partial charge on any atom is 0.356 e. The topological polar surface area (TPSA) is 34.9 Å². The largest absolute Gasteiger partial charge is 0.356 e. The first-order valence-electron chi connectivity index (χ1n) is 5.22. The fourth-order valence-corrected chi connectivity index (χ4v) is 1.81. The molecule has 2 aromatic rings. The van der Waals surface area contributed by atoms with Gasteiger partial charge in [0.1, 0.15) is 5.15 Å². The number of aromatic nitrogens is 2. The van der Waals surface area contributed by atoms with Crippen molar-refractivity contribution in [3.63, 3.8) is 0 Å². The Bertz CT molecular complexity index is 703. The van der Waals surface area contributed by atoms with Gasteiger partial charge in [0, 0.05) is 11.5 Å². The lowest BCUT2D eigenvalue weighted by Crippen LogP contribution is -2.39. The Morgan fingerprint density at radius 1 is 1.25 bits per heavy atom. The third kappa shape index (κ3) is 2.35. The Hall–Kier alpha value is -1.70. The van der Waals surface area contributed by atoms with E-state index in [-0.39, 0.29) is 20.6 Å². The van der Waals surface area contributed by atoms with Crippen molar-refractivity contribution in [3.8, 4) is 0 Å².